The largest absolute Gasteiger partial charge is 0.495 e. The van der Waals surface area contributed by atoms with Gasteiger partial charge in [-0.1, -0.05) is 23.5 Å². The molecule has 4 rings (SSSR count). The molecule has 0 atom stereocenters. The SMILES string of the molecule is COc1ccc(C)cc1S(=O)(=O)Nc1nc2ccc(CN3CCOCC3)cc2s1. The lowest BCUT2D eigenvalue weighted by molar-refractivity contribution is 0.0342. The summed E-state index contributed by atoms with van der Waals surface area (Å²) in [7, 11) is -2.35. The van der Waals surface area contributed by atoms with Crippen LogP contribution in [-0.4, -0.2) is 51.7 Å². The molecule has 1 aliphatic rings. The predicted molar refractivity (Wildman–Crippen MR) is 114 cm³/mol. The number of hydrogen-bond acceptors (Lipinski definition) is 7. The molecule has 2 heterocycles. The fraction of sp³-hybridized carbons (Fsp3) is 0.350. The number of fused-ring (bicyclic) bond motifs is 1. The number of anilines is 1. The molecule has 1 saturated heterocycles. The summed E-state index contributed by atoms with van der Waals surface area (Å²) in [5.41, 5.74) is 2.79. The van der Waals surface area contributed by atoms with Crippen LogP contribution in [0, 0.1) is 6.92 Å². The van der Waals surface area contributed by atoms with Crippen LogP contribution in [0.4, 0.5) is 5.13 Å². The van der Waals surface area contributed by atoms with E-state index in [9.17, 15) is 8.42 Å². The van der Waals surface area contributed by atoms with Gasteiger partial charge in [-0.05, 0) is 42.3 Å². The second-order valence-electron chi connectivity index (χ2n) is 6.97. The zero-order valence-corrected chi connectivity index (χ0v) is 18.0. The Labute approximate surface area is 174 Å². The molecule has 1 aromatic heterocycles. The van der Waals surface area contributed by atoms with Crippen molar-refractivity contribution >= 4 is 36.7 Å². The van der Waals surface area contributed by atoms with Gasteiger partial charge in [0.25, 0.3) is 10.0 Å². The van der Waals surface area contributed by atoms with Crippen molar-refractivity contribution in [2.24, 2.45) is 0 Å². The van der Waals surface area contributed by atoms with Gasteiger partial charge in [0.05, 0.1) is 30.5 Å². The molecule has 0 aliphatic carbocycles. The molecule has 1 N–H and O–H groups in total. The fourth-order valence-corrected chi connectivity index (χ4v) is 5.71. The van der Waals surface area contributed by atoms with Crippen LogP contribution in [0.25, 0.3) is 10.2 Å². The topological polar surface area (TPSA) is 80.8 Å². The summed E-state index contributed by atoms with van der Waals surface area (Å²) in [5.74, 6) is 0.303. The third-order valence-corrected chi connectivity index (χ3v) is 7.22. The van der Waals surface area contributed by atoms with E-state index < -0.39 is 10.0 Å². The Morgan fingerprint density at radius 1 is 1.21 bits per heavy atom. The standard InChI is InChI=1S/C20H23N3O4S2/c1-14-3-6-17(26-2)19(11-14)29(24,25)22-20-21-16-5-4-15(12-18(16)28-20)13-23-7-9-27-10-8-23/h3-6,11-12H,7-10,13H2,1-2H3,(H,21,22). The normalized spacial score (nSPS) is 15.5. The Morgan fingerprint density at radius 2 is 2.00 bits per heavy atom. The van der Waals surface area contributed by atoms with Crippen LogP contribution < -0.4 is 9.46 Å². The molecule has 154 valence electrons. The molecule has 0 bridgehead atoms. The smallest absolute Gasteiger partial charge is 0.267 e. The molecule has 2 aromatic carbocycles. The van der Waals surface area contributed by atoms with Crippen molar-refractivity contribution in [3.05, 3.63) is 47.5 Å². The lowest BCUT2D eigenvalue weighted by Gasteiger charge is -2.26. The summed E-state index contributed by atoms with van der Waals surface area (Å²) in [4.78, 5) is 6.89. The van der Waals surface area contributed by atoms with Gasteiger partial charge in [-0.3, -0.25) is 9.62 Å². The highest BCUT2D eigenvalue weighted by atomic mass is 32.2. The number of nitrogens with zero attached hydrogens (tertiary/aromatic N) is 2. The highest BCUT2D eigenvalue weighted by Gasteiger charge is 2.21. The Kier molecular flexibility index (Phi) is 5.73. The number of methoxy groups -OCH3 is 1. The van der Waals surface area contributed by atoms with Crippen LogP contribution in [-0.2, 0) is 21.3 Å². The van der Waals surface area contributed by atoms with Gasteiger partial charge in [-0.2, -0.15) is 0 Å². The number of aromatic nitrogens is 1. The van der Waals surface area contributed by atoms with E-state index in [1.54, 1.807) is 12.1 Å². The molecule has 7 nitrogen and oxygen atoms in total. The van der Waals surface area contributed by atoms with Gasteiger partial charge in [0.1, 0.15) is 10.6 Å². The van der Waals surface area contributed by atoms with Gasteiger partial charge in [-0.25, -0.2) is 13.4 Å². The van der Waals surface area contributed by atoms with Crippen LogP contribution >= 0.6 is 11.3 Å². The average molecular weight is 434 g/mol. The third-order valence-electron chi connectivity index (χ3n) is 4.79. The zero-order chi connectivity index (χ0) is 20.4. The molecular weight excluding hydrogens is 410 g/mol. The van der Waals surface area contributed by atoms with Crippen LogP contribution in [0.3, 0.4) is 0 Å². The number of nitrogens with one attached hydrogen (secondary N) is 1. The van der Waals surface area contributed by atoms with Crippen LogP contribution in [0.1, 0.15) is 11.1 Å². The Hall–Kier alpha value is -2.20. The van der Waals surface area contributed by atoms with E-state index in [1.807, 2.05) is 25.1 Å². The predicted octanol–water partition coefficient (Wildman–Crippen LogP) is 3.25. The van der Waals surface area contributed by atoms with Gasteiger partial charge in [0.15, 0.2) is 5.13 Å². The van der Waals surface area contributed by atoms with Gasteiger partial charge in [0.2, 0.25) is 0 Å². The van der Waals surface area contributed by atoms with Crippen LogP contribution in [0.2, 0.25) is 0 Å². The summed E-state index contributed by atoms with van der Waals surface area (Å²) >= 11 is 1.33. The van der Waals surface area contributed by atoms with Crippen molar-refractivity contribution in [3.63, 3.8) is 0 Å². The highest BCUT2D eigenvalue weighted by molar-refractivity contribution is 7.93. The maximum Gasteiger partial charge on any atom is 0.267 e. The van der Waals surface area contributed by atoms with Gasteiger partial charge >= 0.3 is 0 Å². The quantitative estimate of drug-likeness (QED) is 0.643. The van der Waals surface area contributed by atoms with E-state index in [0.717, 1.165) is 48.6 Å². The van der Waals surface area contributed by atoms with Crippen LogP contribution in [0.5, 0.6) is 5.75 Å². The van der Waals surface area contributed by atoms with E-state index in [1.165, 1.54) is 24.0 Å². The molecule has 0 radical (unpaired) electrons. The summed E-state index contributed by atoms with van der Waals surface area (Å²) in [6.07, 6.45) is 0. The monoisotopic (exact) mass is 433 g/mol. The van der Waals surface area contributed by atoms with Crippen LogP contribution in [0.15, 0.2) is 41.3 Å². The number of morpholine rings is 1. The van der Waals surface area contributed by atoms with E-state index >= 15 is 0 Å². The minimum Gasteiger partial charge on any atom is -0.495 e. The minimum absolute atomic E-state index is 0.104. The first-order chi connectivity index (χ1) is 13.9. The molecule has 0 spiro atoms. The van der Waals surface area contributed by atoms with E-state index in [4.69, 9.17) is 9.47 Å². The number of hydrogen-bond donors (Lipinski definition) is 1. The number of aryl methyl sites for hydroxylation is 1. The van der Waals surface area contributed by atoms with Gasteiger partial charge in [-0.15, -0.1) is 0 Å². The highest BCUT2D eigenvalue weighted by Crippen LogP contribution is 2.31. The fourth-order valence-electron chi connectivity index (χ4n) is 3.29. The van der Waals surface area contributed by atoms with E-state index in [-0.39, 0.29) is 4.90 Å². The molecule has 29 heavy (non-hydrogen) atoms. The molecular formula is C20H23N3O4S2. The zero-order valence-electron chi connectivity index (χ0n) is 16.3. The maximum atomic E-state index is 12.9. The molecule has 0 unspecified atom stereocenters. The van der Waals surface area contributed by atoms with Crippen molar-refractivity contribution in [2.75, 3.05) is 38.1 Å². The van der Waals surface area contributed by atoms with Crippen molar-refractivity contribution in [1.82, 2.24) is 9.88 Å². The lowest BCUT2D eigenvalue weighted by Crippen LogP contribution is -2.35. The van der Waals surface area contributed by atoms with Crippen molar-refractivity contribution in [2.45, 2.75) is 18.4 Å². The lowest BCUT2D eigenvalue weighted by atomic mass is 10.2. The Morgan fingerprint density at radius 3 is 2.76 bits per heavy atom. The summed E-state index contributed by atoms with van der Waals surface area (Å²) in [6.45, 7) is 6.05. The van der Waals surface area contributed by atoms with Crippen molar-refractivity contribution < 1.29 is 17.9 Å². The van der Waals surface area contributed by atoms with E-state index in [2.05, 4.69) is 20.7 Å². The van der Waals surface area contributed by atoms with E-state index in [0.29, 0.717) is 10.9 Å². The van der Waals surface area contributed by atoms with Gasteiger partial charge in [0, 0.05) is 19.6 Å². The molecule has 9 heteroatoms. The number of ether oxygens (including phenoxy) is 2. The van der Waals surface area contributed by atoms with Gasteiger partial charge < -0.3 is 9.47 Å². The molecule has 1 aliphatic heterocycles. The summed E-state index contributed by atoms with van der Waals surface area (Å²) < 4.78 is 40.0. The minimum atomic E-state index is -3.81. The summed E-state index contributed by atoms with van der Waals surface area (Å²) in [5, 5.41) is 0.340. The Bertz CT molecular complexity index is 1120. The molecule has 0 saturated carbocycles. The number of sulfonamides is 1. The third kappa shape index (κ3) is 4.53. The first kappa shape index (κ1) is 20.1. The van der Waals surface area contributed by atoms with Crippen molar-refractivity contribution in [1.29, 1.82) is 0 Å². The number of rotatable bonds is 6. The average Bonchev–Trinajstić information content (AvgIpc) is 3.09. The first-order valence-electron chi connectivity index (χ1n) is 9.32. The number of thiazole rings is 1. The number of benzene rings is 2. The second kappa shape index (κ2) is 8.27. The maximum absolute atomic E-state index is 12.9. The Balaban J connectivity index is 1.57. The second-order valence-corrected chi connectivity index (χ2v) is 9.65. The summed E-state index contributed by atoms with van der Waals surface area (Å²) in [6, 6.07) is 11.1. The molecule has 1 fully saturated rings. The van der Waals surface area contributed by atoms with Crippen molar-refractivity contribution in [3.8, 4) is 5.75 Å². The molecule has 3 aromatic rings. The molecule has 0 amide bonds. The first-order valence-corrected chi connectivity index (χ1v) is 11.6.